The number of phenolic OH excluding ortho intramolecular Hbond substituents is 2. The molecule has 0 aromatic heterocycles. The first-order valence-electron chi connectivity index (χ1n) is 6.09. The Labute approximate surface area is 110 Å². The number of ketones is 2. The van der Waals surface area contributed by atoms with E-state index in [4.69, 9.17) is 4.74 Å². The molecule has 1 aromatic rings. The predicted molar refractivity (Wildman–Crippen MR) is 67.5 cm³/mol. The lowest BCUT2D eigenvalue weighted by Gasteiger charge is -2.27. The van der Waals surface area contributed by atoms with Crippen LogP contribution < -0.4 is 4.74 Å². The minimum Gasteiger partial charge on any atom is -0.504 e. The van der Waals surface area contributed by atoms with Crippen molar-refractivity contribution in [3.63, 3.8) is 0 Å². The molecule has 19 heavy (non-hydrogen) atoms. The monoisotopic (exact) mass is 264 g/mol. The molecule has 0 aliphatic heterocycles. The molecule has 1 unspecified atom stereocenters. The maximum absolute atomic E-state index is 12.2. The van der Waals surface area contributed by atoms with E-state index in [-0.39, 0.29) is 23.1 Å². The molecule has 0 saturated heterocycles. The van der Waals surface area contributed by atoms with Crippen LogP contribution in [0.3, 0.4) is 0 Å². The van der Waals surface area contributed by atoms with E-state index in [9.17, 15) is 19.8 Å². The highest BCUT2D eigenvalue weighted by Gasteiger charge is 2.49. The van der Waals surface area contributed by atoms with Crippen molar-refractivity contribution in [2.45, 2.75) is 31.6 Å². The highest BCUT2D eigenvalue weighted by Crippen LogP contribution is 2.48. The zero-order valence-electron chi connectivity index (χ0n) is 10.9. The number of carbonyl (C=O) groups is 2. The number of hydrogen-bond donors (Lipinski definition) is 2. The molecule has 0 bridgehead atoms. The number of rotatable bonds is 3. The van der Waals surface area contributed by atoms with Crippen molar-refractivity contribution < 1.29 is 24.5 Å². The fourth-order valence-electron chi connectivity index (χ4n) is 2.82. The normalized spacial score (nSPS) is 22.5. The summed E-state index contributed by atoms with van der Waals surface area (Å²) in [6.45, 7) is 1.37. The standard InChI is InChI=1S/C14H16O5/c1-8(15)14(7-3-4-11(14)17)9-5-6-10(16)12(18)13(9)19-2/h5-6,16,18H,3-4,7H2,1-2H3. The summed E-state index contributed by atoms with van der Waals surface area (Å²) in [5.74, 6) is -1.22. The van der Waals surface area contributed by atoms with E-state index in [0.29, 0.717) is 24.8 Å². The maximum atomic E-state index is 12.2. The van der Waals surface area contributed by atoms with Crippen LogP contribution in [-0.2, 0) is 15.0 Å². The summed E-state index contributed by atoms with van der Waals surface area (Å²) in [5.41, 5.74) is -0.920. The molecule has 1 fully saturated rings. The Morgan fingerprint density at radius 2 is 2.05 bits per heavy atom. The minimum atomic E-state index is -1.25. The van der Waals surface area contributed by atoms with Gasteiger partial charge in [0.05, 0.1) is 7.11 Å². The van der Waals surface area contributed by atoms with Crippen molar-refractivity contribution in [1.82, 2.24) is 0 Å². The number of ether oxygens (including phenoxy) is 1. The molecule has 1 saturated carbocycles. The molecule has 1 aliphatic rings. The Morgan fingerprint density at radius 1 is 1.37 bits per heavy atom. The van der Waals surface area contributed by atoms with Crippen LogP contribution >= 0.6 is 0 Å². The van der Waals surface area contributed by atoms with Gasteiger partial charge in [-0.25, -0.2) is 0 Å². The van der Waals surface area contributed by atoms with Gasteiger partial charge >= 0.3 is 0 Å². The molecule has 102 valence electrons. The first-order chi connectivity index (χ1) is 8.95. The third kappa shape index (κ3) is 1.77. The van der Waals surface area contributed by atoms with Gasteiger partial charge in [-0.15, -0.1) is 0 Å². The topological polar surface area (TPSA) is 83.8 Å². The van der Waals surface area contributed by atoms with Crippen LogP contribution in [0.5, 0.6) is 17.2 Å². The fraction of sp³-hybridized carbons (Fsp3) is 0.429. The molecule has 2 rings (SSSR count). The van der Waals surface area contributed by atoms with E-state index in [2.05, 4.69) is 0 Å². The van der Waals surface area contributed by atoms with Gasteiger partial charge in [-0.1, -0.05) is 0 Å². The van der Waals surface area contributed by atoms with E-state index in [1.54, 1.807) is 0 Å². The van der Waals surface area contributed by atoms with Crippen LogP contribution in [0.15, 0.2) is 12.1 Å². The molecular weight excluding hydrogens is 248 g/mol. The Hall–Kier alpha value is -2.04. The number of methoxy groups -OCH3 is 1. The van der Waals surface area contributed by atoms with Crippen LogP contribution in [0.1, 0.15) is 31.7 Å². The van der Waals surface area contributed by atoms with E-state index >= 15 is 0 Å². The second-order valence-electron chi connectivity index (χ2n) is 4.75. The third-order valence-corrected chi connectivity index (χ3v) is 3.81. The summed E-state index contributed by atoms with van der Waals surface area (Å²) in [4.78, 5) is 24.2. The summed E-state index contributed by atoms with van der Waals surface area (Å²) >= 11 is 0. The van der Waals surface area contributed by atoms with Gasteiger partial charge in [-0.3, -0.25) is 9.59 Å². The Bertz CT molecular complexity index is 549. The van der Waals surface area contributed by atoms with Gasteiger partial charge in [0.15, 0.2) is 17.3 Å². The van der Waals surface area contributed by atoms with Crippen LogP contribution in [0, 0.1) is 0 Å². The van der Waals surface area contributed by atoms with Crippen molar-refractivity contribution >= 4 is 11.6 Å². The van der Waals surface area contributed by atoms with E-state index in [1.807, 2.05) is 0 Å². The zero-order valence-corrected chi connectivity index (χ0v) is 10.9. The van der Waals surface area contributed by atoms with Gasteiger partial charge in [-0.2, -0.15) is 0 Å². The van der Waals surface area contributed by atoms with Crippen molar-refractivity contribution in [3.05, 3.63) is 17.7 Å². The molecule has 5 nitrogen and oxygen atoms in total. The molecule has 2 N–H and O–H groups in total. The van der Waals surface area contributed by atoms with Crippen molar-refractivity contribution in [2.24, 2.45) is 0 Å². The summed E-state index contributed by atoms with van der Waals surface area (Å²) in [7, 11) is 1.32. The number of phenols is 2. The van der Waals surface area contributed by atoms with Crippen molar-refractivity contribution in [3.8, 4) is 17.2 Å². The lowest BCUT2D eigenvalue weighted by atomic mass is 9.74. The second-order valence-corrected chi connectivity index (χ2v) is 4.75. The molecule has 0 amide bonds. The highest BCUT2D eigenvalue weighted by molar-refractivity contribution is 6.13. The van der Waals surface area contributed by atoms with Crippen LogP contribution in [0.4, 0.5) is 0 Å². The van der Waals surface area contributed by atoms with E-state index < -0.39 is 11.2 Å². The molecule has 5 heteroatoms. The number of carbonyl (C=O) groups excluding carboxylic acids is 2. The largest absolute Gasteiger partial charge is 0.504 e. The van der Waals surface area contributed by atoms with Crippen molar-refractivity contribution in [1.29, 1.82) is 0 Å². The SMILES string of the molecule is COc1c(C2(C(C)=O)CCCC2=O)ccc(O)c1O. The Kier molecular flexibility index (Phi) is 3.22. The highest BCUT2D eigenvalue weighted by atomic mass is 16.5. The lowest BCUT2D eigenvalue weighted by Crippen LogP contribution is -2.38. The maximum Gasteiger partial charge on any atom is 0.200 e. The summed E-state index contributed by atoms with van der Waals surface area (Å²) in [5, 5.41) is 19.3. The Morgan fingerprint density at radius 3 is 2.53 bits per heavy atom. The van der Waals surface area contributed by atoms with Gasteiger partial charge in [0.1, 0.15) is 11.2 Å². The summed E-state index contributed by atoms with van der Waals surface area (Å²) in [6, 6.07) is 2.74. The smallest absolute Gasteiger partial charge is 0.200 e. The van der Waals surface area contributed by atoms with Crippen molar-refractivity contribution in [2.75, 3.05) is 7.11 Å². The first kappa shape index (κ1) is 13.4. The quantitative estimate of drug-likeness (QED) is 0.641. The molecule has 1 aromatic carbocycles. The second kappa shape index (κ2) is 4.57. The van der Waals surface area contributed by atoms with E-state index in [1.165, 1.54) is 26.2 Å². The zero-order chi connectivity index (χ0) is 14.2. The summed E-state index contributed by atoms with van der Waals surface area (Å²) < 4.78 is 5.08. The molecule has 0 spiro atoms. The fourth-order valence-corrected chi connectivity index (χ4v) is 2.82. The number of Topliss-reactive ketones (excluding diaryl/α,β-unsaturated/α-hetero) is 2. The minimum absolute atomic E-state index is 0.00884. The van der Waals surface area contributed by atoms with Crippen LogP contribution in [0.2, 0.25) is 0 Å². The lowest BCUT2D eigenvalue weighted by molar-refractivity contribution is -0.132. The van der Waals surface area contributed by atoms with Gasteiger partial charge in [-0.05, 0) is 31.9 Å². The average Bonchev–Trinajstić information content (AvgIpc) is 2.75. The summed E-state index contributed by atoms with van der Waals surface area (Å²) in [6.07, 6.45) is 1.37. The number of hydrogen-bond acceptors (Lipinski definition) is 5. The first-order valence-corrected chi connectivity index (χ1v) is 6.09. The number of aromatic hydroxyl groups is 2. The molecular formula is C14H16O5. The predicted octanol–water partition coefficient (Wildman–Crippen LogP) is 1.69. The molecule has 1 atom stereocenters. The van der Waals surface area contributed by atoms with Gasteiger partial charge in [0.25, 0.3) is 0 Å². The molecule has 0 heterocycles. The average molecular weight is 264 g/mol. The van der Waals surface area contributed by atoms with Gasteiger partial charge in [0, 0.05) is 12.0 Å². The molecule has 0 radical (unpaired) electrons. The third-order valence-electron chi connectivity index (χ3n) is 3.81. The number of benzene rings is 1. The van der Waals surface area contributed by atoms with Crippen LogP contribution in [-0.4, -0.2) is 28.9 Å². The van der Waals surface area contributed by atoms with Gasteiger partial charge < -0.3 is 14.9 Å². The van der Waals surface area contributed by atoms with Crippen LogP contribution in [0.25, 0.3) is 0 Å². The van der Waals surface area contributed by atoms with Gasteiger partial charge in [0.2, 0.25) is 5.75 Å². The Balaban J connectivity index is 2.72. The van der Waals surface area contributed by atoms with E-state index in [0.717, 1.165) is 0 Å². The molecule has 1 aliphatic carbocycles.